The molecule has 1 aromatic heterocycles. The number of carboxylic acid groups (broad SMARTS) is 1. The van der Waals surface area contributed by atoms with Gasteiger partial charge in [-0.3, -0.25) is 9.59 Å². The largest absolute Gasteiger partial charge is 0.480 e. The number of pyridine rings is 1. The second-order valence-corrected chi connectivity index (χ2v) is 10.6. The van der Waals surface area contributed by atoms with E-state index in [0.717, 1.165) is 41.5 Å². The molecule has 0 radical (unpaired) electrons. The van der Waals surface area contributed by atoms with Crippen LogP contribution in [0, 0.1) is 5.92 Å². The van der Waals surface area contributed by atoms with Gasteiger partial charge < -0.3 is 15.2 Å². The highest BCUT2D eigenvalue weighted by atomic mass is 16.5. The van der Waals surface area contributed by atoms with Crippen LogP contribution < -0.4 is 10.1 Å². The normalized spacial score (nSPS) is 15.2. The fourth-order valence-electron chi connectivity index (χ4n) is 4.61. The maximum Gasteiger partial charge on any atom is 0.325 e. The van der Waals surface area contributed by atoms with E-state index >= 15 is 0 Å². The summed E-state index contributed by atoms with van der Waals surface area (Å²) in [6.07, 6.45) is 5.55. The van der Waals surface area contributed by atoms with Gasteiger partial charge in [0, 0.05) is 11.1 Å². The van der Waals surface area contributed by atoms with Gasteiger partial charge in [-0.15, -0.1) is 0 Å². The summed E-state index contributed by atoms with van der Waals surface area (Å²) in [6, 6.07) is 14.7. The molecule has 1 amide bonds. The standard InChI is InChI=1S/C29H34N2O4/c1-18(28(33)34)30-27(32)26-16-20-9-12-23(35-22-13-10-21(11-14-22)29(2,3)4)17-24(20)25(31-26)15-19-7-5-6-8-19/h9-14,16-19H,5-8,15H2,1-4H3,(H,30,32)(H,33,34)/t18-/m0/s1. The lowest BCUT2D eigenvalue weighted by molar-refractivity contribution is -0.138. The number of aliphatic carboxylic acids is 1. The SMILES string of the molecule is C[C@H](NC(=O)c1cc2ccc(Oc3ccc(C(C)(C)C)cc3)cc2c(CC2CCCC2)n1)C(=O)O. The summed E-state index contributed by atoms with van der Waals surface area (Å²) in [5.74, 6) is 0.460. The average Bonchev–Trinajstić information content (AvgIpc) is 3.32. The molecular weight excluding hydrogens is 440 g/mol. The second kappa shape index (κ2) is 10.1. The maximum absolute atomic E-state index is 12.7. The Morgan fingerprint density at radius 3 is 2.34 bits per heavy atom. The first-order chi connectivity index (χ1) is 16.6. The number of amides is 1. The maximum atomic E-state index is 12.7. The van der Waals surface area contributed by atoms with Gasteiger partial charge in [-0.25, -0.2) is 4.98 Å². The molecule has 0 spiro atoms. The fourth-order valence-corrected chi connectivity index (χ4v) is 4.61. The number of rotatable bonds is 7. The van der Waals surface area contributed by atoms with Crippen molar-refractivity contribution in [2.24, 2.45) is 5.92 Å². The van der Waals surface area contributed by atoms with Crippen molar-refractivity contribution >= 4 is 22.6 Å². The summed E-state index contributed by atoms with van der Waals surface area (Å²) < 4.78 is 6.16. The van der Waals surface area contributed by atoms with Crippen LogP contribution in [0.25, 0.3) is 10.8 Å². The van der Waals surface area contributed by atoms with Crippen molar-refractivity contribution in [1.82, 2.24) is 10.3 Å². The first-order valence-corrected chi connectivity index (χ1v) is 12.4. The van der Waals surface area contributed by atoms with Crippen LogP contribution in [0.5, 0.6) is 11.5 Å². The van der Waals surface area contributed by atoms with Crippen molar-refractivity contribution in [1.29, 1.82) is 0 Å². The van der Waals surface area contributed by atoms with Gasteiger partial charge in [0.1, 0.15) is 23.2 Å². The molecule has 1 saturated carbocycles. The molecule has 35 heavy (non-hydrogen) atoms. The van der Waals surface area contributed by atoms with E-state index in [9.17, 15) is 9.59 Å². The van der Waals surface area contributed by atoms with Gasteiger partial charge in [0.05, 0.1) is 0 Å². The van der Waals surface area contributed by atoms with Gasteiger partial charge >= 0.3 is 5.97 Å². The highest BCUT2D eigenvalue weighted by molar-refractivity contribution is 5.99. The molecule has 1 fully saturated rings. The van der Waals surface area contributed by atoms with E-state index in [1.807, 2.05) is 30.3 Å². The Kier molecular flexibility index (Phi) is 7.10. The van der Waals surface area contributed by atoms with E-state index in [1.165, 1.54) is 25.3 Å². The van der Waals surface area contributed by atoms with Gasteiger partial charge in [-0.05, 0) is 66.0 Å². The van der Waals surface area contributed by atoms with Gasteiger partial charge in [0.2, 0.25) is 0 Å². The molecule has 1 aliphatic rings. The van der Waals surface area contributed by atoms with Gasteiger partial charge in [0.25, 0.3) is 5.91 Å². The zero-order chi connectivity index (χ0) is 25.2. The summed E-state index contributed by atoms with van der Waals surface area (Å²) in [5, 5.41) is 13.5. The van der Waals surface area contributed by atoms with Crippen LogP contribution in [0.3, 0.4) is 0 Å². The molecule has 4 rings (SSSR count). The summed E-state index contributed by atoms with van der Waals surface area (Å²) in [5.41, 5.74) is 2.42. The van der Waals surface area contributed by atoms with E-state index in [1.54, 1.807) is 6.07 Å². The van der Waals surface area contributed by atoms with E-state index in [-0.39, 0.29) is 11.1 Å². The summed E-state index contributed by atoms with van der Waals surface area (Å²) >= 11 is 0. The lowest BCUT2D eigenvalue weighted by atomic mass is 9.87. The van der Waals surface area contributed by atoms with Crippen molar-refractivity contribution in [3.63, 3.8) is 0 Å². The van der Waals surface area contributed by atoms with Crippen LogP contribution in [0.2, 0.25) is 0 Å². The zero-order valence-electron chi connectivity index (χ0n) is 20.9. The molecule has 1 atom stereocenters. The highest BCUT2D eigenvalue weighted by Gasteiger charge is 2.21. The van der Waals surface area contributed by atoms with Gasteiger partial charge in [-0.2, -0.15) is 0 Å². The number of aromatic nitrogens is 1. The van der Waals surface area contributed by atoms with Crippen molar-refractivity contribution in [2.75, 3.05) is 0 Å². The number of hydrogen-bond donors (Lipinski definition) is 2. The number of benzene rings is 2. The Hall–Kier alpha value is -3.41. The molecule has 2 aromatic carbocycles. The minimum atomic E-state index is -1.08. The third kappa shape index (κ3) is 5.99. The minimum absolute atomic E-state index is 0.0779. The van der Waals surface area contributed by atoms with Crippen LogP contribution in [0.4, 0.5) is 0 Å². The summed E-state index contributed by atoms with van der Waals surface area (Å²) in [4.78, 5) is 28.6. The van der Waals surface area contributed by atoms with E-state index in [0.29, 0.717) is 11.7 Å². The van der Waals surface area contributed by atoms with Crippen LogP contribution >= 0.6 is 0 Å². The molecule has 2 N–H and O–H groups in total. The van der Waals surface area contributed by atoms with Crippen molar-refractivity contribution in [2.45, 2.75) is 71.3 Å². The van der Waals surface area contributed by atoms with Crippen LogP contribution in [0.1, 0.15) is 75.1 Å². The molecule has 184 valence electrons. The first kappa shape index (κ1) is 24.7. The molecule has 1 heterocycles. The molecule has 3 aromatic rings. The molecular formula is C29H34N2O4. The summed E-state index contributed by atoms with van der Waals surface area (Å²) in [6.45, 7) is 7.99. The smallest absolute Gasteiger partial charge is 0.325 e. The minimum Gasteiger partial charge on any atom is -0.480 e. The van der Waals surface area contributed by atoms with Crippen molar-refractivity contribution < 1.29 is 19.4 Å². The number of carbonyl (C=O) groups excluding carboxylic acids is 1. The second-order valence-electron chi connectivity index (χ2n) is 10.6. The predicted octanol–water partition coefficient (Wildman–Crippen LogP) is 6.26. The number of nitrogens with one attached hydrogen (secondary N) is 1. The average molecular weight is 475 g/mol. The Labute approximate surface area is 206 Å². The number of carboxylic acids is 1. The molecule has 0 unspecified atom stereocenters. The predicted molar refractivity (Wildman–Crippen MR) is 137 cm³/mol. The van der Waals surface area contributed by atoms with Crippen LogP contribution in [0.15, 0.2) is 48.5 Å². The number of ether oxygens (including phenoxy) is 1. The lowest BCUT2D eigenvalue weighted by Crippen LogP contribution is -2.38. The van der Waals surface area contributed by atoms with Crippen LogP contribution in [-0.4, -0.2) is 28.0 Å². The topological polar surface area (TPSA) is 88.5 Å². The van der Waals surface area contributed by atoms with E-state index in [4.69, 9.17) is 14.8 Å². The lowest BCUT2D eigenvalue weighted by Gasteiger charge is -2.19. The van der Waals surface area contributed by atoms with Crippen molar-refractivity contribution in [3.8, 4) is 11.5 Å². The molecule has 0 bridgehead atoms. The number of nitrogens with zero attached hydrogens (tertiary/aromatic N) is 1. The highest BCUT2D eigenvalue weighted by Crippen LogP contribution is 2.33. The van der Waals surface area contributed by atoms with Gasteiger partial charge in [-0.1, -0.05) is 64.7 Å². The molecule has 6 nitrogen and oxygen atoms in total. The van der Waals surface area contributed by atoms with E-state index in [2.05, 4.69) is 38.2 Å². The Morgan fingerprint density at radius 1 is 1.06 bits per heavy atom. The Bertz CT molecular complexity index is 1220. The van der Waals surface area contributed by atoms with E-state index < -0.39 is 17.9 Å². The van der Waals surface area contributed by atoms with Gasteiger partial charge in [0.15, 0.2) is 0 Å². The fraction of sp³-hybridized carbons (Fsp3) is 0.414. The number of fused-ring (bicyclic) bond motifs is 1. The first-order valence-electron chi connectivity index (χ1n) is 12.4. The molecule has 6 heteroatoms. The third-order valence-corrected chi connectivity index (χ3v) is 6.75. The van der Waals surface area contributed by atoms with Crippen LogP contribution in [-0.2, 0) is 16.6 Å². The quantitative estimate of drug-likeness (QED) is 0.422. The third-order valence-electron chi connectivity index (χ3n) is 6.75. The Balaban J connectivity index is 1.65. The van der Waals surface area contributed by atoms with Crippen molar-refractivity contribution in [3.05, 3.63) is 65.5 Å². The molecule has 1 aliphatic carbocycles. The molecule has 0 saturated heterocycles. The zero-order valence-corrected chi connectivity index (χ0v) is 20.9. The molecule has 0 aliphatic heterocycles. The summed E-state index contributed by atoms with van der Waals surface area (Å²) in [7, 11) is 0. The number of hydrogen-bond acceptors (Lipinski definition) is 4. The number of carbonyl (C=O) groups is 2. The Morgan fingerprint density at radius 2 is 1.71 bits per heavy atom. The monoisotopic (exact) mass is 474 g/mol.